The van der Waals surface area contributed by atoms with E-state index in [0.29, 0.717) is 13.2 Å². The topological polar surface area (TPSA) is 18.5 Å². The van der Waals surface area contributed by atoms with Gasteiger partial charge in [-0.25, -0.2) is 0 Å². The van der Waals surface area contributed by atoms with Crippen molar-refractivity contribution < 1.29 is 9.47 Å². The number of ether oxygens (including phenoxy) is 2. The van der Waals surface area contributed by atoms with Gasteiger partial charge < -0.3 is 9.47 Å². The van der Waals surface area contributed by atoms with Crippen LogP contribution >= 0.6 is 0 Å². The fourth-order valence-electron chi connectivity index (χ4n) is 1.68. The minimum atomic E-state index is -0.511. The van der Waals surface area contributed by atoms with Gasteiger partial charge in [0.25, 0.3) is 0 Å². The third kappa shape index (κ3) is 3.04. The minimum Gasteiger partial charge on any atom is -0.351 e. The maximum Gasteiger partial charge on any atom is 0.166 e. The predicted molar refractivity (Wildman–Crippen MR) is 71.4 cm³/mol. The quantitative estimate of drug-likeness (QED) is 0.554. The Hall–Kier alpha value is -0.903. The SMILES string of the molecule is C=Cc1ccc(C([SiH3])(OCC)OCC)cc1. The van der Waals surface area contributed by atoms with Gasteiger partial charge in [-0.1, -0.05) is 36.9 Å². The molecule has 0 amide bonds. The van der Waals surface area contributed by atoms with Crippen molar-refractivity contribution in [3.05, 3.63) is 42.0 Å². The molecule has 0 spiro atoms. The maximum absolute atomic E-state index is 5.74. The van der Waals surface area contributed by atoms with Crippen LogP contribution in [0.4, 0.5) is 0 Å². The molecule has 88 valence electrons. The summed E-state index contributed by atoms with van der Waals surface area (Å²) in [4.78, 5) is 0. The Labute approximate surface area is 101 Å². The van der Waals surface area contributed by atoms with E-state index in [1.54, 1.807) is 0 Å². The van der Waals surface area contributed by atoms with Gasteiger partial charge in [0.15, 0.2) is 5.41 Å². The predicted octanol–water partition coefficient (Wildman–Crippen LogP) is 1.88. The van der Waals surface area contributed by atoms with E-state index in [0.717, 1.165) is 21.4 Å². The third-order valence-corrected chi connectivity index (χ3v) is 3.67. The fourth-order valence-corrected chi connectivity index (χ4v) is 2.59. The monoisotopic (exact) mass is 236 g/mol. The zero-order valence-corrected chi connectivity index (χ0v) is 12.3. The lowest BCUT2D eigenvalue weighted by Crippen LogP contribution is -2.33. The summed E-state index contributed by atoms with van der Waals surface area (Å²) in [6, 6.07) is 8.17. The molecule has 0 unspecified atom stereocenters. The van der Waals surface area contributed by atoms with Gasteiger partial charge in [0.1, 0.15) is 0 Å². The highest BCUT2D eigenvalue weighted by Crippen LogP contribution is 2.24. The van der Waals surface area contributed by atoms with E-state index in [2.05, 4.69) is 18.7 Å². The summed E-state index contributed by atoms with van der Waals surface area (Å²) >= 11 is 0. The van der Waals surface area contributed by atoms with Crippen LogP contribution in [0.2, 0.25) is 0 Å². The molecule has 0 N–H and O–H groups in total. The zero-order valence-electron chi connectivity index (χ0n) is 10.3. The van der Waals surface area contributed by atoms with Crippen molar-refractivity contribution in [2.45, 2.75) is 19.3 Å². The van der Waals surface area contributed by atoms with E-state index in [9.17, 15) is 0 Å². The molecule has 3 heteroatoms. The molecule has 0 fully saturated rings. The van der Waals surface area contributed by atoms with Gasteiger partial charge in [-0.05, 0) is 19.4 Å². The lowest BCUT2D eigenvalue weighted by atomic mass is 10.1. The first-order valence-corrected chi connectivity index (χ1v) is 6.67. The summed E-state index contributed by atoms with van der Waals surface area (Å²) in [5.74, 6) is 0. The Kier molecular flexibility index (Phi) is 4.93. The van der Waals surface area contributed by atoms with Crippen molar-refractivity contribution in [3.63, 3.8) is 0 Å². The summed E-state index contributed by atoms with van der Waals surface area (Å²) in [6.07, 6.45) is 1.83. The average molecular weight is 236 g/mol. The van der Waals surface area contributed by atoms with Crippen LogP contribution in [-0.4, -0.2) is 23.5 Å². The van der Waals surface area contributed by atoms with E-state index in [1.807, 2.05) is 32.1 Å². The molecule has 0 aromatic heterocycles. The molecule has 0 saturated carbocycles. The molecule has 1 rings (SSSR count). The molecule has 1 aromatic rings. The number of benzene rings is 1. The smallest absolute Gasteiger partial charge is 0.166 e. The Morgan fingerprint density at radius 1 is 1.19 bits per heavy atom. The summed E-state index contributed by atoms with van der Waals surface area (Å²) < 4.78 is 11.5. The summed E-state index contributed by atoms with van der Waals surface area (Å²) in [5, 5.41) is 0. The van der Waals surface area contributed by atoms with Crippen molar-refractivity contribution in [2.75, 3.05) is 13.2 Å². The van der Waals surface area contributed by atoms with Crippen LogP contribution in [0.5, 0.6) is 0 Å². The fraction of sp³-hybridized carbons (Fsp3) is 0.385. The van der Waals surface area contributed by atoms with Gasteiger partial charge in [0, 0.05) is 18.8 Å². The highest BCUT2D eigenvalue weighted by molar-refractivity contribution is 6.13. The first-order chi connectivity index (χ1) is 7.66. The summed E-state index contributed by atoms with van der Waals surface area (Å²) in [6.45, 7) is 9.04. The van der Waals surface area contributed by atoms with E-state index >= 15 is 0 Å². The Morgan fingerprint density at radius 2 is 1.69 bits per heavy atom. The lowest BCUT2D eigenvalue weighted by Gasteiger charge is -2.30. The van der Waals surface area contributed by atoms with Gasteiger partial charge in [-0.2, -0.15) is 0 Å². The first kappa shape index (κ1) is 13.2. The van der Waals surface area contributed by atoms with E-state index < -0.39 is 5.41 Å². The van der Waals surface area contributed by atoms with Gasteiger partial charge in [0.05, 0.1) is 10.2 Å². The van der Waals surface area contributed by atoms with E-state index in [1.165, 1.54) is 0 Å². The van der Waals surface area contributed by atoms with Crippen LogP contribution in [0, 0.1) is 0 Å². The van der Waals surface area contributed by atoms with Crippen LogP contribution in [0.25, 0.3) is 6.08 Å². The highest BCUT2D eigenvalue weighted by atomic mass is 28.1. The molecule has 16 heavy (non-hydrogen) atoms. The Bertz CT molecular complexity index is 326. The molecule has 0 heterocycles. The van der Waals surface area contributed by atoms with Crippen LogP contribution in [0.1, 0.15) is 25.0 Å². The van der Waals surface area contributed by atoms with Crippen LogP contribution in [0.3, 0.4) is 0 Å². The lowest BCUT2D eigenvalue weighted by molar-refractivity contribution is -0.180. The summed E-state index contributed by atoms with van der Waals surface area (Å²) in [7, 11) is 0.804. The zero-order chi connectivity index (χ0) is 12.0. The molecule has 0 aliphatic rings. The first-order valence-electron chi connectivity index (χ1n) is 5.67. The molecule has 0 saturated heterocycles. The maximum atomic E-state index is 5.74. The average Bonchev–Trinajstić information content (AvgIpc) is 2.30. The second-order valence-electron chi connectivity index (χ2n) is 3.64. The Balaban J connectivity index is 2.95. The second kappa shape index (κ2) is 5.99. The molecule has 0 atom stereocenters. The number of hydrogen-bond donors (Lipinski definition) is 0. The van der Waals surface area contributed by atoms with Crippen molar-refractivity contribution in [1.82, 2.24) is 0 Å². The molecule has 2 nitrogen and oxygen atoms in total. The van der Waals surface area contributed by atoms with Gasteiger partial charge in [-0.3, -0.25) is 0 Å². The van der Waals surface area contributed by atoms with Gasteiger partial charge in [0.2, 0.25) is 0 Å². The number of rotatable bonds is 6. The van der Waals surface area contributed by atoms with Crippen molar-refractivity contribution in [3.8, 4) is 0 Å². The molecular formula is C13H20O2Si. The van der Waals surface area contributed by atoms with Crippen molar-refractivity contribution in [2.24, 2.45) is 0 Å². The van der Waals surface area contributed by atoms with Crippen LogP contribution in [0.15, 0.2) is 30.8 Å². The molecule has 1 aromatic carbocycles. The molecule has 0 aliphatic carbocycles. The van der Waals surface area contributed by atoms with Crippen molar-refractivity contribution >= 4 is 16.3 Å². The molecular weight excluding hydrogens is 216 g/mol. The molecule has 0 radical (unpaired) electrons. The van der Waals surface area contributed by atoms with Gasteiger partial charge >= 0.3 is 0 Å². The third-order valence-electron chi connectivity index (χ3n) is 2.51. The normalized spacial score (nSPS) is 11.6. The van der Waals surface area contributed by atoms with Crippen molar-refractivity contribution in [1.29, 1.82) is 0 Å². The van der Waals surface area contributed by atoms with Gasteiger partial charge in [-0.15, -0.1) is 0 Å². The molecule has 0 bridgehead atoms. The van der Waals surface area contributed by atoms with E-state index in [4.69, 9.17) is 9.47 Å². The largest absolute Gasteiger partial charge is 0.351 e. The highest BCUT2D eigenvalue weighted by Gasteiger charge is 2.26. The van der Waals surface area contributed by atoms with E-state index in [-0.39, 0.29) is 0 Å². The second-order valence-corrected chi connectivity index (χ2v) is 4.95. The summed E-state index contributed by atoms with van der Waals surface area (Å²) in [5.41, 5.74) is 1.69. The van der Waals surface area contributed by atoms with Crippen LogP contribution in [-0.2, 0) is 14.9 Å². The Morgan fingerprint density at radius 3 is 2.06 bits per heavy atom. The minimum absolute atomic E-state index is 0.511. The molecule has 0 aliphatic heterocycles. The standard InChI is InChI=1S/C13H20O2Si/c1-4-11-7-9-12(10-8-11)13(16,14-5-2)15-6-3/h4,7-10H,1,5-6H2,2-3,16H3. The number of hydrogen-bond acceptors (Lipinski definition) is 2. The van der Waals surface area contributed by atoms with Crippen LogP contribution < -0.4 is 0 Å².